The molecule has 0 saturated heterocycles. The number of nitrogens with one attached hydrogen (secondary N) is 1. The molecule has 23 heavy (non-hydrogen) atoms. The Morgan fingerprint density at radius 1 is 1.39 bits per heavy atom. The number of carbonyl (C=O) groups excluding carboxylic acids is 1. The topological polar surface area (TPSA) is 50.2 Å². The van der Waals surface area contributed by atoms with Crippen molar-refractivity contribution < 1.29 is 4.79 Å². The molecule has 2 amide bonds. The quantitative estimate of drug-likeness (QED) is 0.854. The molecule has 5 nitrogen and oxygen atoms in total. The van der Waals surface area contributed by atoms with Gasteiger partial charge in [0.15, 0.2) is 0 Å². The molecule has 1 aromatic heterocycles. The average Bonchev–Trinajstić information content (AvgIpc) is 3.03. The van der Waals surface area contributed by atoms with Crippen LogP contribution in [0, 0.1) is 12.8 Å². The number of benzene rings is 1. The van der Waals surface area contributed by atoms with Crippen molar-refractivity contribution in [2.75, 3.05) is 13.1 Å². The molecule has 0 aliphatic carbocycles. The number of aryl methyl sites for hydroxylation is 1. The van der Waals surface area contributed by atoms with Crippen LogP contribution in [0.15, 0.2) is 42.7 Å². The molecule has 1 atom stereocenters. The molecule has 0 bridgehead atoms. The van der Waals surface area contributed by atoms with E-state index < -0.39 is 0 Å². The Morgan fingerprint density at radius 2 is 2.22 bits per heavy atom. The molecule has 0 spiro atoms. The van der Waals surface area contributed by atoms with E-state index in [0.717, 1.165) is 12.1 Å². The van der Waals surface area contributed by atoms with Crippen molar-refractivity contribution in [3.63, 3.8) is 0 Å². The molecule has 0 aliphatic rings. The van der Waals surface area contributed by atoms with Crippen LogP contribution in [0.2, 0.25) is 0 Å². The van der Waals surface area contributed by atoms with E-state index in [1.54, 1.807) is 6.20 Å². The highest BCUT2D eigenvalue weighted by Gasteiger charge is 2.13. The van der Waals surface area contributed by atoms with Crippen molar-refractivity contribution in [1.82, 2.24) is 20.0 Å². The summed E-state index contributed by atoms with van der Waals surface area (Å²) in [5.74, 6) is 0.330. The van der Waals surface area contributed by atoms with Gasteiger partial charge in [0.2, 0.25) is 0 Å². The maximum atomic E-state index is 12.4. The first-order chi connectivity index (χ1) is 11.1. The van der Waals surface area contributed by atoms with Gasteiger partial charge in [-0.05, 0) is 31.4 Å². The third-order valence-corrected chi connectivity index (χ3v) is 3.78. The molecule has 1 aromatic carbocycles. The summed E-state index contributed by atoms with van der Waals surface area (Å²) in [6.07, 6.45) is 3.71. The fourth-order valence-corrected chi connectivity index (χ4v) is 2.52. The SMILES string of the molecule is CCN(Cc1cccc(C)c1)C(=O)NCC(C)Cn1cccn1. The first-order valence-corrected chi connectivity index (χ1v) is 8.14. The van der Waals surface area contributed by atoms with Gasteiger partial charge in [0.25, 0.3) is 0 Å². The standard InChI is InChI=1S/C18H26N4O/c1-4-21(14-17-8-5-7-15(2)11-17)18(23)19-12-16(3)13-22-10-6-9-20-22/h5-11,16H,4,12-14H2,1-3H3,(H,19,23). The summed E-state index contributed by atoms with van der Waals surface area (Å²) in [7, 11) is 0. The highest BCUT2D eigenvalue weighted by molar-refractivity contribution is 5.74. The van der Waals surface area contributed by atoms with Gasteiger partial charge in [-0.15, -0.1) is 0 Å². The second kappa shape index (κ2) is 8.36. The van der Waals surface area contributed by atoms with E-state index >= 15 is 0 Å². The van der Waals surface area contributed by atoms with Crippen LogP contribution in [-0.4, -0.2) is 33.8 Å². The van der Waals surface area contributed by atoms with Crippen molar-refractivity contribution in [1.29, 1.82) is 0 Å². The van der Waals surface area contributed by atoms with Gasteiger partial charge in [-0.3, -0.25) is 4.68 Å². The highest BCUT2D eigenvalue weighted by Crippen LogP contribution is 2.08. The Labute approximate surface area is 138 Å². The van der Waals surface area contributed by atoms with Crippen LogP contribution in [0.3, 0.4) is 0 Å². The molecule has 1 unspecified atom stereocenters. The van der Waals surface area contributed by atoms with Crippen molar-refractivity contribution in [3.05, 3.63) is 53.9 Å². The normalized spacial score (nSPS) is 12.0. The minimum Gasteiger partial charge on any atom is -0.338 e. The Bertz CT molecular complexity index is 609. The minimum atomic E-state index is -0.0127. The zero-order valence-electron chi connectivity index (χ0n) is 14.2. The van der Waals surface area contributed by atoms with Gasteiger partial charge in [-0.25, -0.2) is 4.79 Å². The van der Waals surface area contributed by atoms with E-state index in [-0.39, 0.29) is 6.03 Å². The maximum absolute atomic E-state index is 12.4. The molecule has 1 heterocycles. The van der Waals surface area contributed by atoms with Gasteiger partial charge in [0, 0.05) is 38.6 Å². The second-order valence-corrected chi connectivity index (χ2v) is 6.02. The highest BCUT2D eigenvalue weighted by atomic mass is 16.2. The van der Waals surface area contributed by atoms with Crippen LogP contribution in [-0.2, 0) is 13.1 Å². The van der Waals surface area contributed by atoms with Gasteiger partial charge in [0.1, 0.15) is 0 Å². The maximum Gasteiger partial charge on any atom is 0.317 e. The zero-order valence-corrected chi connectivity index (χ0v) is 14.2. The Hall–Kier alpha value is -2.30. The van der Waals surface area contributed by atoms with Crippen LogP contribution >= 0.6 is 0 Å². The van der Waals surface area contributed by atoms with Gasteiger partial charge in [-0.2, -0.15) is 5.10 Å². The van der Waals surface area contributed by atoms with Crippen LogP contribution < -0.4 is 5.32 Å². The zero-order chi connectivity index (χ0) is 16.7. The molecule has 1 N–H and O–H groups in total. The number of rotatable bonds is 7. The molecule has 0 fully saturated rings. The van der Waals surface area contributed by atoms with E-state index in [1.807, 2.05) is 34.8 Å². The number of urea groups is 1. The van der Waals surface area contributed by atoms with E-state index in [1.165, 1.54) is 5.56 Å². The second-order valence-electron chi connectivity index (χ2n) is 6.02. The lowest BCUT2D eigenvalue weighted by Gasteiger charge is -2.23. The van der Waals surface area contributed by atoms with Gasteiger partial charge >= 0.3 is 6.03 Å². The molecule has 0 saturated carbocycles. The third kappa shape index (κ3) is 5.43. The van der Waals surface area contributed by atoms with Gasteiger partial charge in [-0.1, -0.05) is 36.8 Å². The molecule has 124 valence electrons. The Morgan fingerprint density at radius 3 is 2.87 bits per heavy atom. The fourth-order valence-electron chi connectivity index (χ4n) is 2.52. The van der Waals surface area contributed by atoms with Crippen LogP contribution in [0.25, 0.3) is 0 Å². The monoisotopic (exact) mass is 314 g/mol. The predicted molar refractivity (Wildman–Crippen MR) is 92.1 cm³/mol. The van der Waals surface area contributed by atoms with Gasteiger partial charge < -0.3 is 10.2 Å². The first-order valence-electron chi connectivity index (χ1n) is 8.14. The summed E-state index contributed by atoms with van der Waals surface area (Å²) in [6, 6.07) is 10.2. The molecule has 5 heteroatoms. The fraction of sp³-hybridized carbons (Fsp3) is 0.444. The smallest absolute Gasteiger partial charge is 0.317 e. The van der Waals surface area contributed by atoms with E-state index in [9.17, 15) is 4.79 Å². The number of hydrogen-bond donors (Lipinski definition) is 1. The van der Waals surface area contributed by atoms with Crippen molar-refractivity contribution in [2.45, 2.75) is 33.9 Å². The number of nitrogens with zero attached hydrogens (tertiary/aromatic N) is 3. The van der Waals surface area contributed by atoms with Crippen LogP contribution in [0.5, 0.6) is 0 Å². The summed E-state index contributed by atoms with van der Waals surface area (Å²) in [5.41, 5.74) is 2.37. The number of amides is 2. The van der Waals surface area contributed by atoms with Crippen LogP contribution in [0.4, 0.5) is 4.79 Å². The van der Waals surface area contributed by atoms with Crippen molar-refractivity contribution in [2.24, 2.45) is 5.92 Å². The molecular formula is C18H26N4O. The summed E-state index contributed by atoms with van der Waals surface area (Å²) >= 11 is 0. The number of carbonyl (C=O) groups is 1. The summed E-state index contributed by atoms with van der Waals surface area (Å²) < 4.78 is 1.89. The molecule has 0 radical (unpaired) electrons. The minimum absolute atomic E-state index is 0.0127. The number of aromatic nitrogens is 2. The largest absolute Gasteiger partial charge is 0.338 e. The first kappa shape index (κ1) is 17.1. The van der Waals surface area contributed by atoms with Gasteiger partial charge in [0.05, 0.1) is 0 Å². The Balaban J connectivity index is 1.82. The van der Waals surface area contributed by atoms with Crippen molar-refractivity contribution >= 4 is 6.03 Å². The van der Waals surface area contributed by atoms with E-state index in [4.69, 9.17) is 0 Å². The lowest BCUT2D eigenvalue weighted by molar-refractivity contribution is 0.196. The van der Waals surface area contributed by atoms with Crippen LogP contribution in [0.1, 0.15) is 25.0 Å². The molecule has 0 aliphatic heterocycles. The molecule has 2 rings (SSSR count). The summed E-state index contributed by atoms with van der Waals surface area (Å²) in [6.45, 7) is 8.95. The van der Waals surface area contributed by atoms with E-state index in [0.29, 0.717) is 25.6 Å². The van der Waals surface area contributed by atoms with E-state index in [2.05, 4.69) is 42.5 Å². The molecular weight excluding hydrogens is 288 g/mol. The summed E-state index contributed by atoms with van der Waals surface area (Å²) in [5, 5.41) is 7.22. The average molecular weight is 314 g/mol. The predicted octanol–water partition coefficient (Wildman–Crippen LogP) is 3.06. The Kier molecular flexibility index (Phi) is 6.20. The van der Waals surface area contributed by atoms with Crippen molar-refractivity contribution in [3.8, 4) is 0 Å². The number of hydrogen-bond acceptors (Lipinski definition) is 2. The molecule has 2 aromatic rings. The third-order valence-electron chi connectivity index (χ3n) is 3.78. The lowest BCUT2D eigenvalue weighted by Crippen LogP contribution is -2.41. The lowest BCUT2D eigenvalue weighted by atomic mass is 10.1. The summed E-state index contributed by atoms with van der Waals surface area (Å²) in [4.78, 5) is 14.2.